The van der Waals surface area contributed by atoms with Crippen molar-refractivity contribution in [2.45, 2.75) is 88.5 Å². The maximum absolute atomic E-state index is 14.2. The molecule has 5 amide bonds. The number of carbonyl (C=O) groups excluding carboxylic acids is 5. The number of carbonyl (C=O) groups is 5. The van der Waals surface area contributed by atoms with E-state index in [1.54, 1.807) is 0 Å². The van der Waals surface area contributed by atoms with Crippen molar-refractivity contribution in [2.24, 2.45) is 17.2 Å². The first-order valence-electron chi connectivity index (χ1n) is 17.8. The second kappa shape index (κ2) is 19.3. The molecule has 0 unspecified atom stereocenters. The Hall–Kier alpha value is -5.60. The van der Waals surface area contributed by atoms with E-state index in [4.69, 9.17) is 17.2 Å². The van der Waals surface area contributed by atoms with Crippen molar-refractivity contribution in [3.8, 4) is 0 Å². The fourth-order valence-corrected chi connectivity index (χ4v) is 5.80. The van der Waals surface area contributed by atoms with Crippen LogP contribution in [0.5, 0.6) is 0 Å². The molecule has 53 heavy (non-hydrogen) atoms. The minimum absolute atomic E-state index is 0.0460. The Morgan fingerprint density at radius 2 is 1.34 bits per heavy atom. The number of aromatic amines is 1. The van der Waals surface area contributed by atoms with Crippen LogP contribution in [0, 0.1) is 0 Å². The molecule has 0 aliphatic carbocycles. The standard InChI is InChI=1S/C39H51N9O5/c1-39(2,42)38(53)48-33(22-29-23-43-24-44-29)37(52)46-31(18-16-26-15-17-27-12-6-7-13-28(27)20-26)35(50)47-32(21-25-10-4-3-5-11-25)36(51)45-30(34(41)49)14-8-9-19-40/h3-7,10-13,15,17,20,23-24,30-33H,8-9,14,16,18-19,21-22,40,42H2,1-2H3,(H2,41,49)(H,43,44)(H,45,51)(H,46,52)(H,47,50)(H,48,53)/t30-,31+,32+,33-/m0/s1. The molecule has 14 heteroatoms. The summed E-state index contributed by atoms with van der Waals surface area (Å²) in [7, 11) is 0. The number of hydrogen-bond donors (Lipinski definition) is 8. The van der Waals surface area contributed by atoms with E-state index < -0.39 is 59.2 Å². The van der Waals surface area contributed by atoms with Crippen LogP contribution in [-0.4, -0.2) is 75.8 Å². The third-order valence-corrected chi connectivity index (χ3v) is 8.88. The number of amides is 5. The molecule has 1 aromatic heterocycles. The van der Waals surface area contributed by atoms with Crippen LogP contribution in [0.15, 0.2) is 85.3 Å². The van der Waals surface area contributed by atoms with E-state index >= 15 is 0 Å². The van der Waals surface area contributed by atoms with Gasteiger partial charge in [0.05, 0.1) is 11.9 Å². The Kier molecular flexibility index (Phi) is 14.6. The summed E-state index contributed by atoms with van der Waals surface area (Å²) in [6, 6.07) is 18.6. The number of rotatable bonds is 20. The lowest BCUT2D eigenvalue weighted by atomic mass is 9.99. The van der Waals surface area contributed by atoms with Gasteiger partial charge in [-0.3, -0.25) is 24.0 Å². The van der Waals surface area contributed by atoms with E-state index in [0.717, 1.165) is 21.9 Å². The van der Waals surface area contributed by atoms with Crippen LogP contribution in [0.3, 0.4) is 0 Å². The van der Waals surface area contributed by atoms with Gasteiger partial charge in [-0.05, 0) is 74.4 Å². The van der Waals surface area contributed by atoms with Gasteiger partial charge in [-0.2, -0.15) is 0 Å². The number of nitrogens with two attached hydrogens (primary N) is 3. The minimum atomic E-state index is -1.29. The summed E-state index contributed by atoms with van der Waals surface area (Å²) < 4.78 is 0. The fourth-order valence-electron chi connectivity index (χ4n) is 5.80. The van der Waals surface area contributed by atoms with E-state index in [9.17, 15) is 24.0 Å². The molecule has 0 fully saturated rings. The molecule has 4 atom stereocenters. The summed E-state index contributed by atoms with van der Waals surface area (Å²) in [5.41, 5.74) is 18.3. The van der Waals surface area contributed by atoms with Gasteiger partial charge in [-0.1, -0.05) is 72.8 Å². The van der Waals surface area contributed by atoms with Crippen molar-refractivity contribution in [1.82, 2.24) is 31.2 Å². The lowest BCUT2D eigenvalue weighted by Crippen LogP contribution is -2.60. The third-order valence-electron chi connectivity index (χ3n) is 8.88. The van der Waals surface area contributed by atoms with E-state index in [-0.39, 0.29) is 25.7 Å². The minimum Gasteiger partial charge on any atom is -0.368 e. The van der Waals surface area contributed by atoms with E-state index in [1.165, 1.54) is 26.4 Å². The molecular formula is C39H51N9O5. The quantitative estimate of drug-likeness (QED) is 0.0616. The zero-order chi connectivity index (χ0) is 38.4. The van der Waals surface area contributed by atoms with Crippen LogP contribution in [0.4, 0.5) is 0 Å². The highest BCUT2D eigenvalue weighted by atomic mass is 16.2. The van der Waals surface area contributed by atoms with Crippen LogP contribution in [0.2, 0.25) is 0 Å². The van der Waals surface area contributed by atoms with E-state index in [1.807, 2.05) is 72.8 Å². The molecule has 0 saturated heterocycles. The number of primary amides is 1. The molecule has 4 aromatic rings. The molecule has 0 bridgehead atoms. The van der Waals surface area contributed by atoms with Crippen LogP contribution >= 0.6 is 0 Å². The van der Waals surface area contributed by atoms with E-state index in [0.29, 0.717) is 31.5 Å². The van der Waals surface area contributed by atoms with Gasteiger partial charge in [0.1, 0.15) is 24.2 Å². The summed E-state index contributed by atoms with van der Waals surface area (Å²) in [6.07, 6.45) is 5.20. The number of hydrogen-bond acceptors (Lipinski definition) is 8. The molecule has 282 valence electrons. The number of nitrogens with zero attached hydrogens (tertiary/aromatic N) is 1. The zero-order valence-electron chi connectivity index (χ0n) is 30.3. The molecular weight excluding hydrogens is 674 g/mol. The highest BCUT2D eigenvalue weighted by Gasteiger charge is 2.33. The van der Waals surface area contributed by atoms with Crippen LogP contribution in [-0.2, 0) is 43.2 Å². The van der Waals surface area contributed by atoms with Crippen molar-refractivity contribution in [3.63, 3.8) is 0 Å². The van der Waals surface area contributed by atoms with Gasteiger partial charge in [0.25, 0.3) is 0 Å². The first kappa shape index (κ1) is 40.2. The molecule has 0 aliphatic rings. The maximum Gasteiger partial charge on any atom is 0.243 e. The zero-order valence-corrected chi connectivity index (χ0v) is 30.3. The van der Waals surface area contributed by atoms with Gasteiger partial charge in [-0.15, -0.1) is 0 Å². The first-order valence-corrected chi connectivity index (χ1v) is 17.8. The number of benzene rings is 3. The molecule has 4 rings (SSSR count). The normalized spacial score (nSPS) is 13.7. The van der Waals surface area contributed by atoms with Gasteiger partial charge in [-0.25, -0.2) is 4.98 Å². The first-order chi connectivity index (χ1) is 25.3. The predicted octanol–water partition coefficient (Wildman–Crippen LogP) is 1.27. The molecule has 11 N–H and O–H groups in total. The summed E-state index contributed by atoms with van der Waals surface area (Å²) in [5, 5.41) is 13.2. The van der Waals surface area contributed by atoms with Gasteiger partial charge < -0.3 is 43.5 Å². The third kappa shape index (κ3) is 12.5. The number of aromatic nitrogens is 2. The monoisotopic (exact) mass is 725 g/mol. The molecule has 0 radical (unpaired) electrons. The summed E-state index contributed by atoms with van der Waals surface area (Å²) >= 11 is 0. The van der Waals surface area contributed by atoms with Crippen LogP contribution in [0.25, 0.3) is 10.8 Å². The SMILES string of the molecule is CC(C)(N)C(=O)N[C@@H](Cc1cnc[nH]1)C(=O)N[C@H](CCc1ccc2ccccc2c1)C(=O)N[C@H](Cc1ccccc1)C(=O)N[C@@H](CCCCN)C(N)=O. The fraction of sp³-hybridized carbons (Fsp3) is 0.385. The summed E-state index contributed by atoms with van der Waals surface area (Å²) in [5.74, 6) is -3.13. The summed E-state index contributed by atoms with van der Waals surface area (Å²) in [4.78, 5) is 74.1. The van der Waals surface area contributed by atoms with Crippen molar-refractivity contribution >= 4 is 40.3 Å². The van der Waals surface area contributed by atoms with Gasteiger partial charge >= 0.3 is 0 Å². The number of aryl methyl sites for hydroxylation is 1. The number of H-pyrrole nitrogens is 1. The Balaban J connectivity index is 1.62. The average Bonchev–Trinajstić information content (AvgIpc) is 3.65. The van der Waals surface area contributed by atoms with Crippen LogP contribution < -0.4 is 38.5 Å². The Morgan fingerprint density at radius 3 is 1.98 bits per heavy atom. The number of unbranched alkanes of at least 4 members (excludes halogenated alkanes) is 1. The van der Waals surface area contributed by atoms with Crippen molar-refractivity contribution in [1.29, 1.82) is 0 Å². The largest absolute Gasteiger partial charge is 0.368 e. The van der Waals surface area contributed by atoms with Gasteiger partial charge in [0, 0.05) is 24.7 Å². The highest BCUT2D eigenvalue weighted by molar-refractivity contribution is 5.96. The van der Waals surface area contributed by atoms with Crippen molar-refractivity contribution in [3.05, 3.63) is 102 Å². The molecule has 1 heterocycles. The van der Waals surface area contributed by atoms with Gasteiger partial charge in [0.15, 0.2) is 0 Å². The average molecular weight is 726 g/mol. The Labute approximate surface area is 309 Å². The lowest BCUT2D eigenvalue weighted by molar-refractivity contribution is -0.135. The second-order valence-corrected chi connectivity index (χ2v) is 13.8. The number of fused-ring (bicyclic) bond motifs is 1. The smallest absolute Gasteiger partial charge is 0.243 e. The van der Waals surface area contributed by atoms with E-state index in [2.05, 4.69) is 31.2 Å². The molecule has 0 aliphatic heterocycles. The number of imidazole rings is 1. The van der Waals surface area contributed by atoms with Crippen molar-refractivity contribution in [2.75, 3.05) is 6.54 Å². The lowest BCUT2D eigenvalue weighted by Gasteiger charge is -2.27. The molecule has 0 saturated carbocycles. The number of nitrogens with one attached hydrogen (secondary N) is 5. The molecule has 3 aromatic carbocycles. The maximum atomic E-state index is 14.2. The Morgan fingerprint density at radius 1 is 0.717 bits per heavy atom. The second-order valence-electron chi connectivity index (χ2n) is 13.8. The van der Waals surface area contributed by atoms with Crippen LogP contribution in [0.1, 0.15) is 56.4 Å². The summed E-state index contributed by atoms with van der Waals surface area (Å²) in [6.45, 7) is 3.47. The molecule has 0 spiro atoms. The molecule has 14 nitrogen and oxygen atoms in total. The highest BCUT2D eigenvalue weighted by Crippen LogP contribution is 2.18. The van der Waals surface area contributed by atoms with Crippen molar-refractivity contribution < 1.29 is 24.0 Å². The Bertz CT molecular complexity index is 1830. The topological polar surface area (TPSA) is 240 Å². The predicted molar refractivity (Wildman–Crippen MR) is 203 cm³/mol. The van der Waals surface area contributed by atoms with Gasteiger partial charge in [0.2, 0.25) is 29.5 Å².